The molecule has 0 unspecified atom stereocenters. The highest BCUT2D eigenvalue weighted by molar-refractivity contribution is 6.31. The lowest BCUT2D eigenvalue weighted by molar-refractivity contribution is 0.199. The number of benzene rings is 1. The topological polar surface area (TPSA) is 30.5 Å². The Morgan fingerprint density at radius 2 is 2.00 bits per heavy atom. The Bertz CT molecular complexity index is 345. The van der Waals surface area contributed by atoms with Crippen molar-refractivity contribution in [2.24, 2.45) is 0 Å². The van der Waals surface area contributed by atoms with E-state index in [0.717, 1.165) is 55.5 Å². The van der Waals surface area contributed by atoms with Crippen LogP contribution in [0.2, 0.25) is 5.02 Å². The second-order valence-corrected chi connectivity index (χ2v) is 4.62. The van der Waals surface area contributed by atoms with Gasteiger partial charge in [0.2, 0.25) is 0 Å². The highest BCUT2D eigenvalue weighted by Gasteiger charge is 1.98. The third-order valence-corrected chi connectivity index (χ3v) is 3.05. The van der Waals surface area contributed by atoms with E-state index in [1.807, 2.05) is 25.1 Å². The van der Waals surface area contributed by atoms with Crippen molar-refractivity contribution in [1.29, 1.82) is 0 Å². The lowest BCUT2D eigenvalue weighted by Crippen LogP contribution is -2.20. The maximum absolute atomic E-state index is 5.95. The van der Waals surface area contributed by atoms with Crippen molar-refractivity contribution < 1.29 is 9.47 Å². The monoisotopic (exact) mass is 271 g/mol. The van der Waals surface area contributed by atoms with Gasteiger partial charge in [-0.2, -0.15) is 0 Å². The average Bonchev–Trinajstić information content (AvgIpc) is 2.37. The number of rotatable bonds is 9. The lowest BCUT2D eigenvalue weighted by Gasteiger charge is -2.08. The molecule has 0 aliphatic heterocycles. The van der Waals surface area contributed by atoms with Crippen LogP contribution in [0.5, 0.6) is 5.75 Å². The summed E-state index contributed by atoms with van der Waals surface area (Å²) in [5.74, 6) is 0.893. The van der Waals surface area contributed by atoms with E-state index in [4.69, 9.17) is 21.1 Å². The van der Waals surface area contributed by atoms with Crippen molar-refractivity contribution in [1.82, 2.24) is 5.32 Å². The van der Waals surface area contributed by atoms with Gasteiger partial charge in [-0.1, -0.05) is 11.6 Å². The minimum absolute atomic E-state index is 0.743. The number of hydrogen-bond acceptors (Lipinski definition) is 3. The Labute approximate surface area is 114 Å². The fourth-order valence-corrected chi connectivity index (χ4v) is 1.67. The molecule has 3 nitrogen and oxygen atoms in total. The van der Waals surface area contributed by atoms with Crippen molar-refractivity contribution in [3.63, 3.8) is 0 Å². The molecule has 0 aliphatic carbocycles. The predicted molar refractivity (Wildman–Crippen MR) is 75.7 cm³/mol. The molecule has 0 saturated heterocycles. The Hall–Kier alpha value is -0.770. The van der Waals surface area contributed by atoms with Crippen LogP contribution in [0.4, 0.5) is 0 Å². The Morgan fingerprint density at radius 1 is 1.17 bits per heavy atom. The average molecular weight is 272 g/mol. The van der Waals surface area contributed by atoms with Gasteiger partial charge in [0.1, 0.15) is 5.75 Å². The number of aryl methyl sites for hydroxylation is 1. The van der Waals surface area contributed by atoms with Crippen LogP contribution >= 0.6 is 11.6 Å². The van der Waals surface area contributed by atoms with Gasteiger partial charge in [0.15, 0.2) is 0 Å². The minimum Gasteiger partial charge on any atom is -0.494 e. The summed E-state index contributed by atoms with van der Waals surface area (Å²) in [6.07, 6.45) is 2.15. The van der Waals surface area contributed by atoms with Gasteiger partial charge in [0.05, 0.1) is 13.2 Å². The predicted octanol–water partition coefficient (Wildman–Crippen LogP) is 3.04. The van der Waals surface area contributed by atoms with E-state index in [1.165, 1.54) is 0 Å². The van der Waals surface area contributed by atoms with Gasteiger partial charge < -0.3 is 14.8 Å². The molecule has 0 atom stereocenters. The summed E-state index contributed by atoms with van der Waals surface area (Å²) >= 11 is 5.95. The molecule has 4 heteroatoms. The molecule has 0 radical (unpaired) electrons. The number of methoxy groups -OCH3 is 1. The molecule has 0 amide bonds. The third kappa shape index (κ3) is 6.24. The zero-order valence-electron chi connectivity index (χ0n) is 11.2. The highest BCUT2D eigenvalue weighted by atomic mass is 35.5. The summed E-state index contributed by atoms with van der Waals surface area (Å²) in [6.45, 7) is 5.41. The zero-order valence-corrected chi connectivity index (χ0v) is 11.9. The molecule has 0 spiro atoms. The smallest absolute Gasteiger partial charge is 0.119 e. The normalized spacial score (nSPS) is 10.6. The van der Waals surface area contributed by atoms with Gasteiger partial charge in [-0.05, 0) is 50.1 Å². The fourth-order valence-electron chi connectivity index (χ4n) is 1.55. The molecule has 0 aromatic heterocycles. The van der Waals surface area contributed by atoms with Crippen LogP contribution in [0.15, 0.2) is 18.2 Å². The van der Waals surface area contributed by atoms with Crippen molar-refractivity contribution in [2.45, 2.75) is 19.8 Å². The Morgan fingerprint density at radius 3 is 2.72 bits per heavy atom. The van der Waals surface area contributed by atoms with E-state index < -0.39 is 0 Å². The van der Waals surface area contributed by atoms with Gasteiger partial charge in [0.25, 0.3) is 0 Å². The second-order valence-electron chi connectivity index (χ2n) is 4.21. The van der Waals surface area contributed by atoms with E-state index in [9.17, 15) is 0 Å². The summed E-state index contributed by atoms with van der Waals surface area (Å²) in [6, 6.07) is 5.75. The lowest BCUT2D eigenvalue weighted by atomic mass is 10.2. The van der Waals surface area contributed by atoms with E-state index in [1.54, 1.807) is 7.11 Å². The summed E-state index contributed by atoms with van der Waals surface area (Å²) in [5, 5.41) is 4.09. The quantitative estimate of drug-likeness (QED) is 0.701. The van der Waals surface area contributed by atoms with Crippen LogP contribution in [0.25, 0.3) is 0 Å². The van der Waals surface area contributed by atoms with Crippen LogP contribution in [-0.2, 0) is 4.74 Å². The number of nitrogens with one attached hydrogen (secondary N) is 1. The Kier molecular flexibility index (Phi) is 7.81. The van der Waals surface area contributed by atoms with Crippen molar-refractivity contribution in [3.8, 4) is 5.75 Å². The van der Waals surface area contributed by atoms with Gasteiger partial charge in [-0.3, -0.25) is 0 Å². The molecule has 18 heavy (non-hydrogen) atoms. The number of hydrogen-bond donors (Lipinski definition) is 1. The van der Waals surface area contributed by atoms with Gasteiger partial charge in [-0.15, -0.1) is 0 Å². The standard InChI is InChI=1S/C14H22ClNO2/c1-12-11-13(5-6-14(12)15)18-9-4-3-7-16-8-10-17-2/h5-6,11,16H,3-4,7-10H2,1-2H3. The molecule has 102 valence electrons. The number of halogens is 1. The largest absolute Gasteiger partial charge is 0.494 e. The fraction of sp³-hybridized carbons (Fsp3) is 0.571. The van der Waals surface area contributed by atoms with Crippen LogP contribution in [-0.4, -0.2) is 33.4 Å². The van der Waals surface area contributed by atoms with Gasteiger partial charge >= 0.3 is 0 Å². The maximum atomic E-state index is 5.95. The zero-order chi connectivity index (χ0) is 13.2. The maximum Gasteiger partial charge on any atom is 0.119 e. The van der Waals surface area contributed by atoms with E-state index in [0.29, 0.717) is 0 Å². The SMILES string of the molecule is COCCNCCCCOc1ccc(Cl)c(C)c1. The van der Waals surface area contributed by atoms with Crippen molar-refractivity contribution in [2.75, 3.05) is 33.4 Å². The highest BCUT2D eigenvalue weighted by Crippen LogP contribution is 2.21. The molecule has 0 heterocycles. The van der Waals surface area contributed by atoms with Crippen LogP contribution in [0.1, 0.15) is 18.4 Å². The van der Waals surface area contributed by atoms with Gasteiger partial charge in [0, 0.05) is 18.7 Å². The molecule has 0 bridgehead atoms. The van der Waals surface area contributed by atoms with E-state index in [-0.39, 0.29) is 0 Å². The van der Waals surface area contributed by atoms with Crippen LogP contribution in [0.3, 0.4) is 0 Å². The molecule has 1 N–H and O–H groups in total. The summed E-state index contributed by atoms with van der Waals surface area (Å²) in [5.41, 5.74) is 1.05. The Balaban J connectivity index is 2.05. The third-order valence-electron chi connectivity index (χ3n) is 2.63. The molecule has 0 saturated carbocycles. The van der Waals surface area contributed by atoms with Crippen LogP contribution < -0.4 is 10.1 Å². The molecule has 1 aromatic carbocycles. The van der Waals surface area contributed by atoms with Gasteiger partial charge in [-0.25, -0.2) is 0 Å². The summed E-state index contributed by atoms with van der Waals surface area (Å²) in [7, 11) is 1.71. The second kappa shape index (κ2) is 9.20. The first-order chi connectivity index (χ1) is 8.74. The van der Waals surface area contributed by atoms with E-state index in [2.05, 4.69) is 5.32 Å². The van der Waals surface area contributed by atoms with Crippen molar-refractivity contribution >= 4 is 11.6 Å². The molecule has 1 rings (SSSR count). The van der Waals surface area contributed by atoms with Crippen LogP contribution in [0, 0.1) is 6.92 Å². The molecular weight excluding hydrogens is 250 g/mol. The molecule has 1 aromatic rings. The molecular formula is C14H22ClNO2. The molecule has 0 aliphatic rings. The first kappa shape index (κ1) is 15.3. The summed E-state index contributed by atoms with van der Waals surface area (Å²) < 4.78 is 10.6. The van der Waals surface area contributed by atoms with E-state index >= 15 is 0 Å². The summed E-state index contributed by atoms with van der Waals surface area (Å²) in [4.78, 5) is 0. The first-order valence-electron chi connectivity index (χ1n) is 6.32. The number of ether oxygens (including phenoxy) is 2. The molecule has 0 fully saturated rings. The van der Waals surface area contributed by atoms with Crippen molar-refractivity contribution in [3.05, 3.63) is 28.8 Å². The first-order valence-corrected chi connectivity index (χ1v) is 6.70. The number of unbranched alkanes of at least 4 members (excludes halogenated alkanes) is 1. The minimum atomic E-state index is 0.743.